The SMILES string of the molecule is COC(=O)C(C)CNS(=O)(=O)c1c(C)cc(OCCCC(=O)CCCNC(=O)OCc2ccccc2)cc1C. The lowest BCUT2D eigenvalue weighted by molar-refractivity contribution is -0.144. The van der Waals surface area contributed by atoms with Gasteiger partial charge in [-0.3, -0.25) is 9.59 Å². The van der Waals surface area contributed by atoms with E-state index in [9.17, 15) is 22.8 Å². The maximum absolute atomic E-state index is 12.8. The molecule has 0 heterocycles. The van der Waals surface area contributed by atoms with Crippen molar-refractivity contribution in [2.24, 2.45) is 5.92 Å². The molecule has 2 aromatic carbocycles. The highest BCUT2D eigenvalue weighted by Crippen LogP contribution is 2.26. The summed E-state index contributed by atoms with van der Waals surface area (Å²) in [5.74, 6) is -0.533. The molecule has 0 aromatic heterocycles. The fourth-order valence-electron chi connectivity index (χ4n) is 3.84. The summed E-state index contributed by atoms with van der Waals surface area (Å²) in [6.07, 6.45) is 1.18. The van der Waals surface area contributed by atoms with Crippen molar-refractivity contribution in [1.82, 2.24) is 10.0 Å². The number of esters is 1. The number of hydrogen-bond acceptors (Lipinski definition) is 8. The molecule has 0 saturated carbocycles. The van der Waals surface area contributed by atoms with Crippen molar-refractivity contribution in [3.63, 3.8) is 0 Å². The predicted octanol–water partition coefficient (Wildman–Crippen LogP) is 3.83. The minimum absolute atomic E-state index is 0.0686. The number of methoxy groups -OCH3 is 1. The van der Waals surface area contributed by atoms with Gasteiger partial charge in [0.1, 0.15) is 18.1 Å². The van der Waals surface area contributed by atoms with Gasteiger partial charge in [-0.1, -0.05) is 37.3 Å². The molecule has 1 unspecified atom stereocenters. The first-order valence-electron chi connectivity index (χ1n) is 12.8. The Hall–Kier alpha value is -3.44. The smallest absolute Gasteiger partial charge is 0.407 e. The van der Waals surface area contributed by atoms with Crippen LogP contribution in [0.15, 0.2) is 47.4 Å². The summed E-state index contributed by atoms with van der Waals surface area (Å²) < 4.78 is 43.6. The Kier molecular flexibility index (Phi) is 12.9. The van der Waals surface area contributed by atoms with Crippen LogP contribution in [0.4, 0.5) is 4.79 Å². The molecule has 2 N–H and O–H groups in total. The monoisotopic (exact) mass is 562 g/mol. The van der Waals surface area contributed by atoms with E-state index < -0.39 is 28.0 Å². The zero-order chi connectivity index (χ0) is 28.8. The molecule has 2 aromatic rings. The van der Waals surface area contributed by atoms with Gasteiger partial charge in [0.25, 0.3) is 0 Å². The third-order valence-electron chi connectivity index (χ3n) is 5.87. The van der Waals surface area contributed by atoms with Gasteiger partial charge in [-0.25, -0.2) is 17.9 Å². The van der Waals surface area contributed by atoms with E-state index in [0.29, 0.717) is 55.7 Å². The molecule has 0 aliphatic rings. The second-order valence-electron chi connectivity index (χ2n) is 9.25. The van der Waals surface area contributed by atoms with Crippen LogP contribution >= 0.6 is 0 Å². The third-order valence-corrected chi connectivity index (χ3v) is 7.60. The fraction of sp³-hybridized carbons (Fsp3) is 0.464. The number of aryl methyl sites for hydroxylation is 2. The van der Waals surface area contributed by atoms with Gasteiger partial charge in [-0.15, -0.1) is 0 Å². The largest absolute Gasteiger partial charge is 0.494 e. The Morgan fingerprint density at radius 2 is 1.62 bits per heavy atom. The number of alkyl carbamates (subject to hydrolysis) is 1. The Balaban J connectivity index is 1.69. The molecule has 39 heavy (non-hydrogen) atoms. The van der Waals surface area contributed by atoms with Crippen molar-refractivity contribution in [1.29, 1.82) is 0 Å². The second kappa shape index (κ2) is 15.8. The molecular weight excluding hydrogens is 524 g/mol. The van der Waals surface area contributed by atoms with E-state index in [-0.39, 0.29) is 23.8 Å². The van der Waals surface area contributed by atoms with Crippen molar-refractivity contribution >= 4 is 27.9 Å². The molecular formula is C28H38N2O8S. The highest BCUT2D eigenvalue weighted by molar-refractivity contribution is 7.89. The van der Waals surface area contributed by atoms with Crippen molar-refractivity contribution < 1.29 is 37.0 Å². The average Bonchev–Trinajstić information content (AvgIpc) is 2.90. The zero-order valence-corrected chi connectivity index (χ0v) is 23.8. The van der Waals surface area contributed by atoms with Crippen molar-refractivity contribution in [2.45, 2.75) is 58.0 Å². The van der Waals surface area contributed by atoms with Crippen LogP contribution in [-0.2, 0) is 35.7 Å². The van der Waals surface area contributed by atoms with Crippen molar-refractivity contribution in [3.05, 3.63) is 59.2 Å². The highest BCUT2D eigenvalue weighted by Gasteiger charge is 2.23. The first-order chi connectivity index (χ1) is 18.5. The van der Waals surface area contributed by atoms with Crippen molar-refractivity contribution in [3.8, 4) is 5.75 Å². The van der Waals surface area contributed by atoms with E-state index in [1.54, 1.807) is 32.9 Å². The molecule has 214 valence electrons. The summed E-state index contributed by atoms with van der Waals surface area (Å²) in [5, 5.41) is 2.64. The van der Waals surface area contributed by atoms with E-state index in [1.807, 2.05) is 30.3 Å². The second-order valence-corrected chi connectivity index (χ2v) is 10.9. The summed E-state index contributed by atoms with van der Waals surface area (Å²) in [6.45, 7) is 5.69. The first kappa shape index (κ1) is 31.8. The number of ketones is 1. The maximum atomic E-state index is 12.8. The molecule has 0 radical (unpaired) electrons. The molecule has 0 spiro atoms. The van der Waals surface area contributed by atoms with Gasteiger partial charge in [-0.2, -0.15) is 0 Å². The molecule has 0 fully saturated rings. The number of carbonyl (C=O) groups is 3. The number of nitrogens with one attached hydrogen (secondary N) is 2. The summed E-state index contributed by atoms with van der Waals surface area (Å²) in [6, 6.07) is 12.6. The predicted molar refractivity (Wildman–Crippen MR) is 146 cm³/mol. The lowest BCUT2D eigenvalue weighted by atomic mass is 10.1. The van der Waals surface area contributed by atoms with Gasteiger partial charge in [0.15, 0.2) is 0 Å². The third kappa shape index (κ3) is 11.1. The Morgan fingerprint density at radius 1 is 0.974 bits per heavy atom. The Labute approximate surface area is 230 Å². The van der Waals surface area contributed by atoms with Crippen LogP contribution in [0.1, 0.15) is 49.3 Å². The minimum atomic E-state index is -3.84. The van der Waals surface area contributed by atoms with Crippen LogP contribution in [0.25, 0.3) is 0 Å². The van der Waals surface area contributed by atoms with Gasteiger partial charge >= 0.3 is 12.1 Å². The molecule has 1 amide bonds. The van der Waals surface area contributed by atoms with Gasteiger partial charge in [0, 0.05) is 25.9 Å². The van der Waals surface area contributed by atoms with Crippen LogP contribution in [-0.4, -0.2) is 53.1 Å². The Morgan fingerprint density at radius 3 is 2.26 bits per heavy atom. The van der Waals surface area contributed by atoms with Crippen LogP contribution < -0.4 is 14.8 Å². The lowest BCUT2D eigenvalue weighted by Gasteiger charge is -2.16. The molecule has 0 aliphatic heterocycles. The molecule has 0 saturated heterocycles. The summed E-state index contributed by atoms with van der Waals surface area (Å²) in [4.78, 5) is 35.6. The standard InChI is InChI=1S/C28H38N2O8S/c1-20-16-25(17-21(2)26(20)39(34,35)30-18-22(3)27(32)36-4)37-15-9-13-24(31)12-8-14-29-28(33)38-19-23-10-6-5-7-11-23/h5-7,10-11,16-17,22,30H,8-9,12-15,18-19H2,1-4H3,(H,29,33). The first-order valence-corrected chi connectivity index (χ1v) is 14.3. The quantitative estimate of drug-likeness (QED) is 0.233. The highest BCUT2D eigenvalue weighted by atomic mass is 32.2. The Bertz CT molecular complexity index is 1190. The van der Waals surface area contributed by atoms with Gasteiger partial charge in [0.2, 0.25) is 10.0 Å². The topological polar surface area (TPSA) is 137 Å². The molecule has 10 nitrogen and oxygen atoms in total. The number of rotatable bonds is 16. The number of Topliss-reactive ketones (excluding diaryl/α,β-unsaturated/α-hetero) is 1. The van der Waals surface area contributed by atoms with E-state index in [0.717, 1.165) is 5.56 Å². The van der Waals surface area contributed by atoms with Gasteiger partial charge in [-0.05, 0) is 55.5 Å². The molecule has 0 bridgehead atoms. The van der Waals surface area contributed by atoms with E-state index in [1.165, 1.54) is 7.11 Å². The molecule has 2 rings (SSSR count). The van der Waals surface area contributed by atoms with Crippen LogP contribution in [0.5, 0.6) is 5.75 Å². The normalized spacial score (nSPS) is 11.9. The van der Waals surface area contributed by atoms with Crippen LogP contribution in [0, 0.1) is 19.8 Å². The number of benzene rings is 2. The van der Waals surface area contributed by atoms with Crippen molar-refractivity contribution in [2.75, 3.05) is 26.8 Å². The number of ether oxygens (including phenoxy) is 3. The minimum Gasteiger partial charge on any atom is -0.494 e. The summed E-state index contributed by atoms with van der Waals surface area (Å²) >= 11 is 0. The van der Waals surface area contributed by atoms with E-state index in [4.69, 9.17) is 9.47 Å². The number of carbonyl (C=O) groups excluding carboxylic acids is 3. The number of hydrogen-bond donors (Lipinski definition) is 2. The van der Waals surface area contributed by atoms with E-state index >= 15 is 0 Å². The molecule has 1 atom stereocenters. The zero-order valence-electron chi connectivity index (χ0n) is 22.9. The van der Waals surface area contributed by atoms with Gasteiger partial charge in [0.05, 0.1) is 24.5 Å². The van der Waals surface area contributed by atoms with Crippen LogP contribution in [0.3, 0.4) is 0 Å². The summed E-state index contributed by atoms with van der Waals surface area (Å²) in [5.41, 5.74) is 1.92. The number of sulfonamides is 1. The van der Waals surface area contributed by atoms with Crippen LogP contribution in [0.2, 0.25) is 0 Å². The van der Waals surface area contributed by atoms with E-state index in [2.05, 4.69) is 14.8 Å². The summed E-state index contributed by atoms with van der Waals surface area (Å²) in [7, 11) is -2.58. The fourth-order valence-corrected chi connectivity index (χ4v) is 5.42. The molecule has 11 heteroatoms. The van der Waals surface area contributed by atoms with Gasteiger partial charge < -0.3 is 19.5 Å². The average molecular weight is 563 g/mol. The number of amides is 1. The maximum Gasteiger partial charge on any atom is 0.407 e. The lowest BCUT2D eigenvalue weighted by Crippen LogP contribution is -2.32. The molecule has 0 aliphatic carbocycles.